The van der Waals surface area contributed by atoms with Gasteiger partial charge in [-0.05, 0) is 51.9 Å². The topological polar surface area (TPSA) is 98.0 Å². The Morgan fingerprint density at radius 1 is 1.10 bits per heavy atom. The fourth-order valence-electron chi connectivity index (χ4n) is 5.72. The van der Waals surface area contributed by atoms with Crippen LogP contribution in [0, 0.1) is 12.7 Å². The third-order valence-electron chi connectivity index (χ3n) is 7.73. The standard InChI is InChI=1S/C27H31F4N9O/c1-15-14-41-11-10-38(15)22-13-20(23-16(2)40(18-6-8-33-9-7-18)37-24(23)27(29,30)31)35-26(36-22)39-21-5-4-17(28)12-19(21)34-25(39)32-3/h4-5,12-13,15,18,33H,6-11,14H2,1-3H3,(H,32,34)/t15-/m1/s1. The van der Waals surface area contributed by atoms with Crippen LogP contribution in [0.15, 0.2) is 24.3 Å². The second kappa shape index (κ2) is 10.6. The van der Waals surface area contributed by atoms with E-state index in [4.69, 9.17) is 14.7 Å². The molecule has 5 heterocycles. The number of rotatable bonds is 5. The van der Waals surface area contributed by atoms with Crippen LogP contribution in [0.25, 0.3) is 28.2 Å². The monoisotopic (exact) mass is 573 g/mol. The molecule has 41 heavy (non-hydrogen) atoms. The van der Waals surface area contributed by atoms with Crippen LogP contribution in [-0.2, 0) is 10.9 Å². The zero-order chi connectivity index (χ0) is 28.9. The summed E-state index contributed by atoms with van der Waals surface area (Å²) in [5.41, 5.74) is 0.289. The molecule has 0 bridgehead atoms. The number of nitrogens with one attached hydrogen (secondary N) is 2. The molecule has 0 radical (unpaired) electrons. The molecule has 2 aliphatic rings. The molecular weight excluding hydrogens is 542 g/mol. The van der Waals surface area contributed by atoms with Gasteiger partial charge < -0.3 is 20.3 Å². The number of alkyl halides is 3. The SMILES string of the molecule is CNc1nc2cc(F)ccc2n1-c1nc(-c2c(C(F)(F)F)nn(C3CCNCC3)c2C)cc(N2CCOC[C@H]2C)n1. The van der Waals surface area contributed by atoms with Crippen molar-refractivity contribution in [3.63, 3.8) is 0 Å². The van der Waals surface area contributed by atoms with Gasteiger partial charge >= 0.3 is 6.18 Å². The lowest BCUT2D eigenvalue weighted by Crippen LogP contribution is -2.44. The number of hydrogen-bond acceptors (Lipinski definition) is 8. The van der Waals surface area contributed by atoms with Gasteiger partial charge in [-0.3, -0.25) is 4.68 Å². The smallest absolute Gasteiger partial charge is 0.377 e. The van der Waals surface area contributed by atoms with E-state index >= 15 is 0 Å². The van der Waals surface area contributed by atoms with Crippen LogP contribution in [-0.4, -0.2) is 75.2 Å². The van der Waals surface area contributed by atoms with Gasteiger partial charge in [-0.15, -0.1) is 0 Å². The molecule has 3 aromatic heterocycles. The quantitative estimate of drug-likeness (QED) is 0.341. The minimum absolute atomic E-state index is 0.0719. The lowest BCUT2D eigenvalue weighted by molar-refractivity contribution is -0.141. The highest BCUT2D eigenvalue weighted by Gasteiger charge is 2.41. The van der Waals surface area contributed by atoms with E-state index in [-0.39, 0.29) is 29.3 Å². The van der Waals surface area contributed by atoms with E-state index in [9.17, 15) is 17.6 Å². The maximum absolute atomic E-state index is 14.5. The Balaban J connectivity index is 1.60. The summed E-state index contributed by atoms with van der Waals surface area (Å²) in [5, 5.41) is 10.3. The molecule has 2 N–H and O–H groups in total. The fourth-order valence-corrected chi connectivity index (χ4v) is 5.72. The number of halogens is 4. The van der Waals surface area contributed by atoms with Gasteiger partial charge in [-0.25, -0.2) is 18.9 Å². The predicted octanol–water partition coefficient (Wildman–Crippen LogP) is 4.34. The van der Waals surface area contributed by atoms with Gasteiger partial charge in [0.2, 0.25) is 11.9 Å². The normalized spacial score (nSPS) is 18.8. The van der Waals surface area contributed by atoms with Crippen molar-refractivity contribution in [1.29, 1.82) is 0 Å². The van der Waals surface area contributed by atoms with Crippen LogP contribution in [0.5, 0.6) is 0 Å². The molecule has 1 aromatic carbocycles. The largest absolute Gasteiger partial charge is 0.435 e. The number of imidazole rings is 1. The molecule has 10 nitrogen and oxygen atoms in total. The number of anilines is 2. The Morgan fingerprint density at radius 3 is 2.59 bits per heavy atom. The van der Waals surface area contributed by atoms with Crippen LogP contribution in [0.1, 0.15) is 37.2 Å². The summed E-state index contributed by atoms with van der Waals surface area (Å²) in [6.07, 6.45) is -3.35. The summed E-state index contributed by atoms with van der Waals surface area (Å²) in [6.45, 7) is 6.45. The first-order valence-corrected chi connectivity index (χ1v) is 13.6. The minimum atomic E-state index is -4.70. The van der Waals surface area contributed by atoms with Crippen LogP contribution in [0.4, 0.5) is 29.3 Å². The van der Waals surface area contributed by atoms with E-state index < -0.39 is 17.7 Å². The summed E-state index contributed by atoms with van der Waals surface area (Å²) in [6, 6.07) is 5.49. The van der Waals surface area contributed by atoms with Gasteiger partial charge in [0.1, 0.15) is 11.6 Å². The molecule has 2 fully saturated rings. The molecule has 2 aliphatic heterocycles. The van der Waals surface area contributed by atoms with E-state index in [0.29, 0.717) is 74.2 Å². The van der Waals surface area contributed by atoms with E-state index in [1.54, 1.807) is 30.7 Å². The molecule has 2 saturated heterocycles. The van der Waals surface area contributed by atoms with Crippen molar-refractivity contribution in [3.8, 4) is 17.2 Å². The van der Waals surface area contributed by atoms with E-state index in [1.165, 1.54) is 16.8 Å². The average Bonchev–Trinajstić information content (AvgIpc) is 3.50. The lowest BCUT2D eigenvalue weighted by Gasteiger charge is -2.34. The zero-order valence-corrected chi connectivity index (χ0v) is 23.0. The second-order valence-electron chi connectivity index (χ2n) is 10.4. The summed E-state index contributed by atoms with van der Waals surface area (Å²) in [7, 11) is 1.65. The van der Waals surface area contributed by atoms with Crippen molar-refractivity contribution < 1.29 is 22.3 Å². The van der Waals surface area contributed by atoms with Crippen molar-refractivity contribution in [2.24, 2.45) is 0 Å². The number of aromatic nitrogens is 6. The molecule has 0 unspecified atom stereocenters. The van der Waals surface area contributed by atoms with Gasteiger partial charge in [0, 0.05) is 31.4 Å². The molecule has 0 spiro atoms. The van der Waals surface area contributed by atoms with Crippen molar-refractivity contribution in [1.82, 2.24) is 34.6 Å². The predicted molar refractivity (Wildman–Crippen MR) is 146 cm³/mol. The molecule has 1 atom stereocenters. The van der Waals surface area contributed by atoms with Gasteiger partial charge in [0.15, 0.2) is 5.69 Å². The summed E-state index contributed by atoms with van der Waals surface area (Å²) >= 11 is 0. The molecule has 218 valence electrons. The van der Waals surface area contributed by atoms with Crippen molar-refractivity contribution >= 4 is 22.8 Å². The molecule has 4 aromatic rings. The molecule has 0 saturated carbocycles. The molecule has 14 heteroatoms. The average molecular weight is 574 g/mol. The van der Waals surface area contributed by atoms with Gasteiger partial charge in [0.05, 0.1) is 47.6 Å². The summed E-state index contributed by atoms with van der Waals surface area (Å²) in [4.78, 5) is 16.0. The number of hydrogen-bond donors (Lipinski definition) is 2. The number of benzene rings is 1. The first kappa shape index (κ1) is 27.4. The number of nitrogens with zero attached hydrogens (tertiary/aromatic N) is 7. The molecule has 0 amide bonds. The van der Waals surface area contributed by atoms with E-state index in [0.717, 1.165) is 0 Å². The molecule has 6 rings (SSSR count). The second-order valence-corrected chi connectivity index (χ2v) is 10.4. The highest BCUT2D eigenvalue weighted by molar-refractivity contribution is 5.81. The first-order chi connectivity index (χ1) is 19.7. The fraction of sp³-hybridized carbons (Fsp3) is 0.481. The third-order valence-corrected chi connectivity index (χ3v) is 7.73. The molecular formula is C27H31F4N9O. The minimum Gasteiger partial charge on any atom is -0.377 e. The summed E-state index contributed by atoms with van der Waals surface area (Å²) in [5.74, 6) is 0.422. The Labute approximate surface area is 233 Å². The molecule has 0 aliphatic carbocycles. The van der Waals surface area contributed by atoms with Crippen LogP contribution in [0.2, 0.25) is 0 Å². The number of piperidine rings is 1. The Hall–Kier alpha value is -3.78. The highest BCUT2D eigenvalue weighted by Crippen LogP contribution is 2.41. The Bertz CT molecular complexity index is 1580. The number of morpholine rings is 1. The third kappa shape index (κ3) is 4.99. The van der Waals surface area contributed by atoms with Gasteiger partial charge in [-0.1, -0.05) is 0 Å². The van der Waals surface area contributed by atoms with Gasteiger partial charge in [-0.2, -0.15) is 23.3 Å². The van der Waals surface area contributed by atoms with Crippen molar-refractivity contribution in [2.75, 3.05) is 50.1 Å². The Kier molecular flexibility index (Phi) is 7.06. The number of ether oxygens (including phenoxy) is 1. The Morgan fingerprint density at radius 2 is 1.88 bits per heavy atom. The van der Waals surface area contributed by atoms with Crippen molar-refractivity contribution in [2.45, 2.75) is 44.9 Å². The zero-order valence-electron chi connectivity index (χ0n) is 23.0. The van der Waals surface area contributed by atoms with Crippen LogP contribution >= 0.6 is 0 Å². The maximum atomic E-state index is 14.5. The first-order valence-electron chi connectivity index (χ1n) is 13.6. The van der Waals surface area contributed by atoms with Gasteiger partial charge in [0.25, 0.3) is 0 Å². The lowest BCUT2D eigenvalue weighted by atomic mass is 10.1. The maximum Gasteiger partial charge on any atom is 0.435 e. The highest BCUT2D eigenvalue weighted by atomic mass is 19.4. The van der Waals surface area contributed by atoms with Crippen molar-refractivity contribution in [3.05, 3.63) is 41.5 Å². The summed E-state index contributed by atoms with van der Waals surface area (Å²) < 4.78 is 66.3. The van der Waals surface area contributed by atoms with E-state index in [2.05, 4.69) is 20.7 Å². The van der Waals surface area contributed by atoms with Crippen LogP contribution < -0.4 is 15.5 Å². The van der Waals surface area contributed by atoms with Crippen LogP contribution in [0.3, 0.4) is 0 Å². The van der Waals surface area contributed by atoms with E-state index in [1.807, 2.05) is 11.8 Å². The number of fused-ring (bicyclic) bond motifs is 1.